The average Bonchev–Trinajstić information content (AvgIpc) is 2.46. The van der Waals surface area contributed by atoms with Crippen LogP contribution in [0.15, 0.2) is 18.2 Å². The first kappa shape index (κ1) is 12.8. The molecular weight excluding hydrogens is 230 g/mol. The number of rotatable bonds is 4. The molecule has 18 heavy (non-hydrogen) atoms. The van der Waals surface area contributed by atoms with Crippen LogP contribution in [0.5, 0.6) is 0 Å². The first-order valence-electron chi connectivity index (χ1n) is 6.30. The highest BCUT2D eigenvalue weighted by molar-refractivity contribution is 5.92. The largest absolute Gasteiger partial charge is 0.381 e. The molecule has 0 unspecified atom stereocenters. The predicted octanol–water partition coefficient (Wildman–Crippen LogP) is 1.28. The van der Waals surface area contributed by atoms with Gasteiger partial charge in [0.2, 0.25) is 0 Å². The smallest absolute Gasteiger partial charge is 0.269 e. The first-order chi connectivity index (χ1) is 8.79. The van der Waals surface area contributed by atoms with E-state index in [9.17, 15) is 4.79 Å². The number of nitrogens with one attached hydrogen (secondary N) is 2. The third-order valence-corrected chi connectivity index (χ3v) is 3.13. The van der Waals surface area contributed by atoms with E-state index >= 15 is 0 Å². The summed E-state index contributed by atoms with van der Waals surface area (Å²) in [5, 5.41) is 5.86. The van der Waals surface area contributed by atoms with Crippen LogP contribution in [0.4, 0.5) is 5.82 Å². The predicted molar refractivity (Wildman–Crippen MR) is 69.7 cm³/mol. The molecule has 5 heteroatoms. The highest BCUT2D eigenvalue weighted by Gasteiger charge is 2.15. The monoisotopic (exact) mass is 249 g/mol. The lowest BCUT2D eigenvalue weighted by molar-refractivity contribution is 0.0642. The van der Waals surface area contributed by atoms with Gasteiger partial charge in [-0.05, 0) is 30.9 Å². The van der Waals surface area contributed by atoms with Crippen molar-refractivity contribution in [2.24, 2.45) is 5.92 Å². The lowest BCUT2D eigenvalue weighted by atomic mass is 10.0. The highest BCUT2D eigenvalue weighted by Crippen LogP contribution is 2.13. The standard InChI is InChI=1S/C13H19N3O2/c1-14-12-4-2-3-11(16-12)13(17)15-9-10-5-7-18-8-6-10/h2-4,10H,5-9H2,1H3,(H,14,16)(H,15,17). The molecule has 1 saturated heterocycles. The van der Waals surface area contributed by atoms with E-state index in [4.69, 9.17) is 4.74 Å². The van der Waals surface area contributed by atoms with Gasteiger partial charge in [-0.3, -0.25) is 4.79 Å². The second-order valence-electron chi connectivity index (χ2n) is 4.42. The van der Waals surface area contributed by atoms with Gasteiger partial charge in [-0.15, -0.1) is 0 Å². The van der Waals surface area contributed by atoms with Crippen molar-refractivity contribution in [3.8, 4) is 0 Å². The molecule has 0 bridgehead atoms. The van der Waals surface area contributed by atoms with Gasteiger partial charge in [0.25, 0.3) is 5.91 Å². The summed E-state index contributed by atoms with van der Waals surface area (Å²) < 4.78 is 5.29. The van der Waals surface area contributed by atoms with Gasteiger partial charge in [-0.2, -0.15) is 0 Å². The number of carbonyl (C=O) groups excluding carboxylic acids is 1. The van der Waals surface area contributed by atoms with E-state index in [1.807, 2.05) is 12.1 Å². The maximum Gasteiger partial charge on any atom is 0.269 e. The van der Waals surface area contributed by atoms with E-state index in [0.717, 1.165) is 26.1 Å². The van der Waals surface area contributed by atoms with E-state index < -0.39 is 0 Å². The molecule has 1 aliphatic heterocycles. The lowest BCUT2D eigenvalue weighted by Crippen LogP contribution is -2.32. The van der Waals surface area contributed by atoms with Crippen LogP contribution >= 0.6 is 0 Å². The number of amides is 1. The highest BCUT2D eigenvalue weighted by atomic mass is 16.5. The number of carbonyl (C=O) groups is 1. The van der Waals surface area contributed by atoms with Crippen LogP contribution in [0.2, 0.25) is 0 Å². The SMILES string of the molecule is CNc1cccc(C(=O)NCC2CCOCC2)n1. The third-order valence-electron chi connectivity index (χ3n) is 3.13. The molecule has 98 valence electrons. The van der Waals surface area contributed by atoms with Gasteiger partial charge in [0.1, 0.15) is 11.5 Å². The minimum atomic E-state index is -0.112. The minimum absolute atomic E-state index is 0.112. The summed E-state index contributed by atoms with van der Waals surface area (Å²) >= 11 is 0. The normalized spacial score (nSPS) is 16.3. The fourth-order valence-electron chi connectivity index (χ4n) is 1.98. The number of aromatic nitrogens is 1. The number of hydrogen-bond acceptors (Lipinski definition) is 4. The molecule has 5 nitrogen and oxygen atoms in total. The van der Waals surface area contributed by atoms with Gasteiger partial charge < -0.3 is 15.4 Å². The van der Waals surface area contributed by atoms with Gasteiger partial charge in [-0.1, -0.05) is 6.07 Å². The van der Waals surface area contributed by atoms with E-state index in [1.54, 1.807) is 13.1 Å². The van der Waals surface area contributed by atoms with Crippen molar-refractivity contribution in [3.05, 3.63) is 23.9 Å². The Morgan fingerprint density at radius 1 is 1.44 bits per heavy atom. The number of hydrogen-bond donors (Lipinski definition) is 2. The maximum atomic E-state index is 11.9. The summed E-state index contributed by atoms with van der Waals surface area (Å²) in [5.41, 5.74) is 0.453. The first-order valence-corrected chi connectivity index (χ1v) is 6.30. The molecule has 2 rings (SSSR count). The summed E-state index contributed by atoms with van der Waals surface area (Å²) in [6.07, 6.45) is 2.04. The van der Waals surface area contributed by atoms with Crippen LogP contribution in [-0.4, -0.2) is 37.7 Å². The Labute approximate surface area is 107 Å². The van der Waals surface area contributed by atoms with Crippen LogP contribution in [-0.2, 0) is 4.74 Å². The topological polar surface area (TPSA) is 63.2 Å². The molecule has 1 aromatic heterocycles. The summed E-state index contributed by atoms with van der Waals surface area (Å²) in [4.78, 5) is 16.1. The Hall–Kier alpha value is -1.62. The molecule has 2 N–H and O–H groups in total. The van der Waals surface area contributed by atoms with E-state index in [-0.39, 0.29) is 5.91 Å². The second-order valence-corrected chi connectivity index (χ2v) is 4.42. The number of nitrogens with zero attached hydrogens (tertiary/aromatic N) is 1. The van der Waals surface area contributed by atoms with E-state index in [0.29, 0.717) is 24.0 Å². The zero-order valence-corrected chi connectivity index (χ0v) is 10.6. The van der Waals surface area contributed by atoms with E-state index in [2.05, 4.69) is 15.6 Å². The quantitative estimate of drug-likeness (QED) is 0.843. The lowest BCUT2D eigenvalue weighted by Gasteiger charge is -2.22. The molecule has 0 atom stereocenters. The van der Waals surface area contributed by atoms with Gasteiger partial charge in [0.05, 0.1) is 0 Å². The van der Waals surface area contributed by atoms with Gasteiger partial charge >= 0.3 is 0 Å². The fraction of sp³-hybridized carbons (Fsp3) is 0.538. The van der Waals surface area contributed by atoms with Crippen molar-refractivity contribution in [1.29, 1.82) is 0 Å². The zero-order chi connectivity index (χ0) is 12.8. The molecule has 2 heterocycles. The van der Waals surface area contributed by atoms with Crippen molar-refractivity contribution in [1.82, 2.24) is 10.3 Å². The average molecular weight is 249 g/mol. The van der Waals surface area contributed by atoms with Crippen LogP contribution in [0.3, 0.4) is 0 Å². The van der Waals surface area contributed by atoms with Crippen LogP contribution in [0, 0.1) is 5.92 Å². The van der Waals surface area contributed by atoms with Crippen molar-refractivity contribution in [3.63, 3.8) is 0 Å². The van der Waals surface area contributed by atoms with Crippen molar-refractivity contribution in [2.75, 3.05) is 32.1 Å². The fourth-order valence-corrected chi connectivity index (χ4v) is 1.98. The Balaban J connectivity index is 1.86. The molecular formula is C13H19N3O2. The van der Waals surface area contributed by atoms with Crippen LogP contribution in [0.1, 0.15) is 23.3 Å². The Morgan fingerprint density at radius 2 is 2.22 bits per heavy atom. The van der Waals surface area contributed by atoms with E-state index in [1.165, 1.54) is 0 Å². The number of pyridine rings is 1. The molecule has 1 aliphatic rings. The maximum absolute atomic E-state index is 11.9. The zero-order valence-electron chi connectivity index (χ0n) is 10.6. The van der Waals surface area contributed by atoms with Gasteiger partial charge in [-0.25, -0.2) is 4.98 Å². The second kappa shape index (κ2) is 6.35. The molecule has 0 saturated carbocycles. The molecule has 0 radical (unpaired) electrons. The molecule has 1 fully saturated rings. The Bertz CT molecular complexity index is 403. The summed E-state index contributed by atoms with van der Waals surface area (Å²) in [5.74, 6) is 1.11. The molecule has 0 aromatic carbocycles. The van der Waals surface area contributed by atoms with Crippen molar-refractivity contribution in [2.45, 2.75) is 12.8 Å². The third kappa shape index (κ3) is 3.43. The minimum Gasteiger partial charge on any atom is -0.381 e. The van der Waals surface area contributed by atoms with Crippen molar-refractivity contribution >= 4 is 11.7 Å². The number of ether oxygens (including phenoxy) is 1. The summed E-state index contributed by atoms with van der Waals surface area (Å²) in [6, 6.07) is 5.37. The van der Waals surface area contributed by atoms with Crippen molar-refractivity contribution < 1.29 is 9.53 Å². The van der Waals surface area contributed by atoms with Crippen LogP contribution < -0.4 is 10.6 Å². The summed E-state index contributed by atoms with van der Waals surface area (Å²) in [7, 11) is 1.78. The molecule has 1 amide bonds. The number of anilines is 1. The van der Waals surface area contributed by atoms with Gasteiger partial charge in [0, 0.05) is 26.8 Å². The molecule has 0 spiro atoms. The summed E-state index contributed by atoms with van der Waals surface area (Å²) in [6.45, 7) is 2.30. The van der Waals surface area contributed by atoms with Crippen LogP contribution in [0.25, 0.3) is 0 Å². The van der Waals surface area contributed by atoms with Gasteiger partial charge in [0.15, 0.2) is 0 Å². The Kier molecular flexibility index (Phi) is 4.52. The Morgan fingerprint density at radius 3 is 2.94 bits per heavy atom. The molecule has 1 aromatic rings. The molecule has 0 aliphatic carbocycles.